The van der Waals surface area contributed by atoms with Gasteiger partial charge in [-0.25, -0.2) is 0 Å². The van der Waals surface area contributed by atoms with E-state index in [2.05, 4.69) is 48.7 Å². The van der Waals surface area contributed by atoms with Crippen molar-refractivity contribution < 1.29 is 4.79 Å². The predicted molar refractivity (Wildman–Crippen MR) is 80.6 cm³/mol. The van der Waals surface area contributed by atoms with Crippen molar-refractivity contribution in [1.29, 1.82) is 0 Å². The van der Waals surface area contributed by atoms with E-state index in [-0.39, 0.29) is 11.3 Å². The van der Waals surface area contributed by atoms with Crippen molar-refractivity contribution in [3.8, 4) is 0 Å². The minimum atomic E-state index is 0.134. The van der Waals surface area contributed by atoms with Crippen LogP contribution in [0, 0.1) is 0 Å². The Labute approximate surface area is 121 Å². The van der Waals surface area contributed by atoms with Gasteiger partial charge in [0.25, 0.3) is 0 Å². The normalized spacial score (nSPS) is 24.0. The quantitative estimate of drug-likeness (QED) is 0.885. The number of fused-ring (bicyclic) bond motifs is 1. The van der Waals surface area contributed by atoms with Gasteiger partial charge >= 0.3 is 0 Å². The van der Waals surface area contributed by atoms with Gasteiger partial charge in [0, 0.05) is 12.1 Å². The van der Waals surface area contributed by atoms with Gasteiger partial charge in [0.2, 0.25) is 5.91 Å². The lowest BCUT2D eigenvalue weighted by Crippen LogP contribution is -2.39. The predicted octanol–water partition coefficient (Wildman–Crippen LogP) is 2.67. The molecule has 0 aromatic heterocycles. The number of rotatable bonds is 4. The van der Waals surface area contributed by atoms with Gasteiger partial charge in [-0.15, -0.1) is 0 Å². The molecule has 1 aromatic carbocycles. The van der Waals surface area contributed by atoms with Crippen molar-refractivity contribution in [3.63, 3.8) is 0 Å². The van der Waals surface area contributed by atoms with Crippen LogP contribution >= 0.6 is 0 Å². The van der Waals surface area contributed by atoms with E-state index in [1.54, 1.807) is 0 Å². The van der Waals surface area contributed by atoms with Crippen molar-refractivity contribution in [2.45, 2.75) is 57.0 Å². The molecular weight excluding hydrogens is 248 g/mol. The Morgan fingerprint density at radius 1 is 1.25 bits per heavy atom. The smallest absolute Gasteiger partial charge is 0.234 e. The molecule has 1 aromatic rings. The zero-order chi connectivity index (χ0) is 14.2. The molecule has 1 fully saturated rings. The third-order valence-electron chi connectivity index (χ3n) is 4.57. The summed E-state index contributed by atoms with van der Waals surface area (Å²) in [4.78, 5) is 11.8. The highest BCUT2D eigenvalue weighted by Crippen LogP contribution is 2.41. The molecule has 0 bridgehead atoms. The molecule has 1 atom stereocenters. The SMILES string of the molecule is CC1(C)CCC(NCC(=O)NC2CC2)c2ccccc21. The van der Waals surface area contributed by atoms with Gasteiger partial charge in [0.1, 0.15) is 0 Å². The summed E-state index contributed by atoms with van der Waals surface area (Å²) in [5.74, 6) is 0.134. The lowest BCUT2D eigenvalue weighted by Gasteiger charge is -2.37. The first-order valence-corrected chi connectivity index (χ1v) is 7.68. The van der Waals surface area contributed by atoms with E-state index in [9.17, 15) is 4.79 Å². The van der Waals surface area contributed by atoms with E-state index in [0.717, 1.165) is 25.7 Å². The molecule has 2 aliphatic carbocycles. The average Bonchev–Trinajstić information content (AvgIpc) is 3.22. The molecule has 1 amide bonds. The average molecular weight is 272 g/mol. The lowest BCUT2D eigenvalue weighted by molar-refractivity contribution is -0.120. The number of amides is 1. The summed E-state index contributed by atoms with van der Waals surface area (Å²) < 4.78 is 0. The van der Waals surface area contributed by atoms with Crippen molar-refractivity contribution in [3.05, 3.63) is 35.4 Å². The van der Waals surface area contributed by atoms with Crippen LogP contribution in [0.4, 0.5) is 0 Å². The first kappa shape index (κ1) is 13.6. The third-order valence-corrected chi connectivity index (χ3v) is 4.57. The Hall–Kier alpha value is -1.35. The Kier molecular flexibility index (Phi) is 3.55. The second-order valence-electron chi connectivity index (χ2n) is 6.79. The van der Waals surface area contributed by atoms with Crippen LogP contribution in [0.25, 0.3) is 0 Å². The molecule has 3 nitrogen and oxygen atoms in total. The van der Waals surface area contributed by atoms with Crippen LogP contribution < -0.4 is 10.6 Å². The van der Waals surface area contributed by atoms with Crippen molar-refractivity contribution in [2.75, 3.05) is 6.54 Å². The molecule has 108 valence electrons. The minimum Gasteiger partial charge on any atom is -0.352 e. The topological polar surface area (TPSA) is 41.1 Å². The molecule has 0 radical (unpaired) electrons. The zero-order valence-corrected chi connectivity index (χ0v) is 12.4. The van der Waals surface area contributed by atoms with Gasteiger partial charge < -0.3 is 10.6 Å². The lowest BCUT2D eigenvalue weighted by atomic mass is 9.71. The number of benzene rings is 1. The molecule has 1 saturated carbocycles. The molecule has 3 rings (SSSR count). The summed E-state index contributed by atoms with van der Waals surface area (Å²) in [7, 11) is 0. The highest BCUT2D eigenvalue weighted by Gasteiger charge is 2.32. The van der Waals surface area contributed by atoms with Crippen molar-refractivity contribution in [2.24, 2.45) is 0 Å². The molecule has 0 heterocycles. The summed E-state index contributed by atoms with van der Waals surface area (Å²) in [6.07, 6.45) is 4.55. The fourth-order valence-corrected chi connectivity index (χ4v) is 3.15. The van der Waals surface area contributed by atoms with Gasteiger partial charge in [0.15, 0.2) is 0 Å². The summed E-state index contributed by atoms with van der Waals surface area (Å²) in [6.45, 7) is 5.04. The molecule has 0 saturated heterocycles. The van der Waals surface area contributed by atoms with Crippen LogP contribution in [0.15, 0.2) is 24.3 Å². The van der Waals surface area contributed by atoms with E-state index < -0.39 is 0 Å². The second kappa shape index (κ2) is 5.21. The summed E-state index contributed by atoms with van der Waals surface area (Å²) >= 11 is 0. The highest BCUT2D eigenvalue weighted by atomic mass is 16.2. The molecule has 2 N–H and O–H groups in total. The maximum atomic E-state index is 11.8. The maximum Gasteiger partial charge on any atom is 0.234 e. The van der Waals surface area contributed by atoms with Gasteiger partial charge in [-0.05, 0) is 42.2 Å². The monoisotopic (exact) mass is 272 g/mol. The zero-order valence-electron chi connectivity index (χ0n) is 12.4. The van der Waals surface area contributed by atoms with E-state index in [1.807, 2.05) is 0 Å². The second-order valence-corrected chi connectivity index (χ2v) is 6.79. The van der Waals surface area contributed by atoms with Crippen LogP contribution in [-0.2, 0) is 10.2 Å². The minimum absolute atomic E-state index is 0.134. The van der Waals surface area contributed by atoms with Crippen LogP contribution in [0.2, 0.25) is 0 Å². The molecule has 0 aliphatic heterocycles. The van der Waals surface area contributed by atoms with Gasteiger partial charge in [-0.2, -0.15) is 0 Å². The van der Waals surface area contributed by atoms with E-state index in [0.29, 0.717) is 18.6 Å². The largest absolute Gasteiger partial charge is 0.352 e. The Bertz CT molecular complexity index is 505. The molecular formula is C17H24N2O. The van der Waals surface area contributed by atoms with Crippen LogP contribution in [-0.4, -0.2) is 18.5 Å². The summed E-state index contributed by atoms with van der Waals surface area (Å²) in [6, 6.07) is 9.40. The maximum absolute atomic E-state index is 11.8. The van der Waals surface area contributed by atoms with E-state index >= 15 is 0 Å². The third kappa shape index (κ3) is 2.88. The number of carbonyl (C=O) groups excluding carboxylic acids is 1. The molecule has 20 heavy (non-hydrogen) atoms. The fourth-order valence-electron chi connectivity index (χ4n) is 3.15. The molecule has 2 aliphatic rings. The molecule has 3 heteroatoms. The van der Waals surface area contributed by atoms with E-state index in [4.69, 9.17) is 0 Å². The van der Waals surface area contributed by atoms with Crippen molar-refractivity contribution in [1.82, 2.24) is 10.6 Å². The Morgan fingerprint density at radius 2 is 2.00 bits per heavy atom. The summed E-state index contributed by atoms with van der Waals surface area (Å²) in [5, 5.41) is 6.47. The summed E-state index contributed by atoms with van der Waals surface area (Å²) in [5.41, 5.74) is 3.03. The van der Waals surface area contributed by atoms with Gasteiger partial charge in [0.05, 0.1) is 6.54 Å². The number of carbonyl (C=O) groups is 1. The molecule has 1 unspecified atom stereocenters. The first-order chi connectivity index (χ1) is 9.56. The Morgan fingerprint density at radius 3 is 2.75 bits per heavy atom. The molecule has 0 spiro atoms. The van der Waals surface area contributed by atoms with Crippen molar-refractivity contribution >= 4 is 5.91 Å². The standard InChI is InChI=1S/C17H24N2O/c1-17(2)10-9-15(13-5-3-4-6-14(13)17)18-11-16(20)19-12-7-8-12/h3-6,12,15,18H,7-11H2,1-2H3,(H,19,20). The van der Waals surface area contributed by atoms with E-state index in [1.165, 1.54) is 11.1 Å². The number of hydrogen-bond acceptors (Lipinski definition) is 2. The number of hydrogen-bond donors (Lipinski definition) is 2. The highest BCUT2D eigenvalue weighted by molar-refractivity contribution is 5.78. The van der Waals surface area contributed by atoms with Crippen LogP contribution in [0.3, 0.4) is 0 Å². The number of nitrogens with one attached hydrogen (secondary N) is 2. The fraction of sp³-hybridized carbons (Fsp3) is 0.588. The Balaban J connectivity index is 1.66. The van der Waals surface area contributed by atoms with Gasteiger partial charge in [-0.1, -0.05) is 38.1 Å². The van der Waals surface area contributed by atoms with Crippen LogP contribution in [0.5, 0.6) is 0 Å². The van der Waals surface area contributed by atoms with Gasteiger partial charge in [-0.3, -0.25) is 4.79 Å². The van der Waals surface area contributed by atoms with Crippen LogP contribution in [0.1, 0.15) is 56.7 Å². The first-order valence-electron chi connectivity index (χ1n) is 7.68.